The van der Waals surface area contributed by atoms with Gasteiger partial charge in [-0.15, -0.1) is 6.58 Å². The normalized spacial score (nSPS) is 23.2. The highest BCUT2D eigenvalue weighted by atomic mass is 14.9. The van der Waals surface area contributed by atoms with Crippen LogP contribution in [0.1, 0.15) is 57.2 Å². The van der Waals surface area contributed by atoms with E-state index in [1.54, 1.807) is 0 Å². The number of hydrogen-bond donors (Lipinski definition) is 1. The number of hydrogen-bond acceptors (Lipinski definition) is 1. The van der Waals surface area contributed by atoms with Crippen LogP contribution < -0.4 is 5.32 Å². The molecule has 0 saturated heterocycles. The average Bonchev–Trinajstić information content (AvgIpc) is 2.34. The van der Waals surface area contributed by atoms with E-state index in [0.717, 1.165) is 6.42 Å². The zero-order chi connectivity index (χ0) is 13.2. The average molecular weight is 243 g/mol. The van der Waals surface area contributed by atoms with Gasteiger partial charge in [0, 0.05) is 12.1 Å². The molecule has 2 atom stereocenters. The molecule has 0 saturated carbocycles. The molecule has 0 aliphatic heterocycles. The lowest BCUT2D eigenvalue weighted by molar-refractivity contribution is 0.338. The molecule has 1 aromatic carbocycles. The summed E-state index contributed by atoms with van der Waals surface area (Å²) in [4.78, 5) is 0. The third-order valence-electron chi connectivity index (χ3n) is 4.13. The van der Waals surface area contributed by atoms with E-state index in [1.165, 1.54) is 24.0 Å². The molecule has 1 heteroatoms. The van der Waals surface area contributed by atoms with Crippen molar-refractivity contribution >= 4 is 0 Å². The minimum Gasteiger partial charge on any atom is -0.307 e. The standard InChI is InChI=1S/C17H25N/c1-5-8-13(2)18-16-11-12-17(3,4)15-10-7-6-9-14(15)16/h5-7,9-10,13,16,18H,1,8,11-12H2,2-4H3. The maximum Gasteiger partial charge on any atom is 0.0325 e. The Kier molecular flexibility index (Phi) is 3.91. The third-order valence-corrected chi connectivity index (χ3v) is 4.13. The van der Waals surface area contributed by atoms with Crippen LogP contribution >= 0.6 is 0 Å². The van der Waals surface area contributed by atoms with E-state index in [1.807, 2.05) is 6.08 Å². The summed E-state index contributed by atoms with van der Waals surface area (Å²) in [6, 6.07) is 9.91. The second-order valence-electron chi connectivity index (χ2n) is 6.15. The fourth-order valence-corrected chi connectivity index (χ4v) is 3.05. The summed E-state index contributed by atoms with van der Waals surface area (Å²) >= 11 is 0. The smallest absolute Gasteiger partial charge is 0.0325 e. The van der Waals surface area contributed by atoms with E-state index in [2.05, 4.69) is 56.9 Å². The van der Waals surface area contributed by atoms with E-state index >= 15 is 0 Å². The molecule has 1 nitrogen and oxygen atoms in total. The fraction of sp³-hybridized carbons (Fsp3) is 0.529. The minimum atomic E-state index is 0.316. The first-order chi connectivity index (χ1) is 8.54. The summed E-state index contributed by atoms with van der Waals surface area (Å²) in [7, 11) is 0. The first-order valence-electron chi connectivity index (χ1n) is 7.01. The van der Waals surface area contributed by atoms with Gasteiger partial charge in [-0.3, -0.25) is 0 Å². The summed E-state index contributed by atoms with van der Waals surface area (Å²) in [5, 5.41) is 3.74. The van der Waals surface area contributed by atoms with Gasteiger partial charge in [0.25, 0.3) is 0 Å². The van der Waals surface area contributed by atoms with Gasteiger partial charge in [-0.1, -0.05) is 44.2 Å². The quantitative estimate of drug-likeness (QED) is 0.775. The first-order valence-corrected chi connectivity index (χ1v) is 7.01. The predicted molar refractivity (Wildman–Crippen MR) is 78.9 cm³/mol. The van der Waals surface area contributed by atoms with E-state index < -0.39 is 0 Å². The van der Waals surface area contributed by atoms with Gasteiger partial charge in [-0.2, -0.15) is 0 Å². The number of benzene rings is 1. The second kappa shape index (κ2) is 5.27. The van der Waals surface area contributed by atoms with Crippen molar-refractivity contribution in [1.29, 1.82) is 0 Å². The monoisotopic (exact) mass is 243 g/mol. The molecule has 0 aromatic heterocycles. The minimum absolute atomic E-state index is 0.316. The Labute approximate surface area is 111 Å². The van der Waals surface area contributed by atoms with Crippen LogP contribution in [0.5, 0.6) is 0 Å². The molecular weight excluding hydrogens is 218 g/mol. The van der Waals surface area contributed by atoms with Gasteiger partial charge >= 0.3 is 0 Å². The largest absolute Gasteiger partial charge is 0.307 e. The van der Waals surface area contributed by atoms with Gasteiger partial charge in [0.2, 0.25) is 0 Å². The van der Waals surface area contributed by atoms with Crippen LogP contribution in [0, 0.1) is 0 Å². The summed E-state index contributed by atoms with van der Waals surface area (Å²) in [6.45, 7) is 10.8. The van der Waals surface area contributed by atoms with Gasteiger partial charge < -0.3 is 5.32 Å². The van der Waals surface area contributed by atoms with Gasteiger partial charge in [-0.05, 0) is 42.7 Å². The molecule has 18 heavy (non-hydrogen) atoms. The summed E-state index contributed by atoms with van der Waals surface area (Å²) in [6.07, 6.45) is 5.51. The van der Waals surface area contributed by atoms with Crippen LogP contribution in [0.3, 0.4) is 0 Å². The zero-order valence-corrected chi connectivity index (χ0v) is 11.9. The molecule has 0 amide bonds. The fourth-order valence-electron chi connectivity index (χ4n) is 3.05. The molecule has 0 spiro atoms. The van der Waals surface area contributed by atoms with Gasteiger partial charge in [-0.25, -0.2) is 0 Å². The Morgan fingerprint density at radius 1 is 1.44 bits per heavy atom. The van der Waals surface area contributed by atoms with Crippen LogP contribution in [-0.2, 0) is 5.41 Å². The van der Waals surface area contributed by atoms with Crippen LogP contribution in [0.2, 0.25) is 0 Å². The lowest BCUT2D eigenvalue weighted by Crippen LogP contribution is -2.36. The van der Waals surface area contributed by atoms with Crippen LogP contribution in [0.4, 0.5) is 0 Å². The molecule has 0 bridgehead atoms. The number of rotatable bonds is 4. The Bertz CT molecular complexity index is 419. The predicted octanol–water partition coefficient (Wildman–Crippen LogP) is 4.35. The molecular formula is C17H25N. The van der Waals surface area contributed by atoms with E-state index in [-0.39, 0.29) is 0 Å². The lowest BCUT2D eigenvalue weighted by atomic mass is 9.71. The van der Waals surface area contributed by atoms with Gasteiger partial charge in [0.05, 0.1) is 0 Å². The van der Waals surface area contributed by atoms with Gasteiger partial charge in [0.15, 0.2) is 0 Å². The molecule has 2 rings (SSSR count). The van der Waals surface area contributed by atoms with Crippen LogP contribution in [0.25, 0.3) is 0 Å². The molecule has 1 aliphatic rings. The molecule has 2 unspecified atom stereocenters. The highest BCUT2D eigenvalue weighted by Crippen LogP contribution is 2.41. The first kappa shape index (κ1) is 13.4. The second-order valence-corrected chi connectivity index (χ2v) is 6.15. The maximum absolute atomic E-state index is 3.82. The molecule has 1 aromatic rings. The summed E-state index contributed by atoms with van der Waals surface area (Å²) in [5.41, 5.74) is 3.32. The third kappa shape index (κ3) is 2.67. The molecule has 0 fully saturated rings. The lowest BCUT2D eigenvalue weighted by Gasteiger charge is -2.38. The van der Waals surface area contributed by atoms with E-state index in [4.69, 9.17) is 0 Å². The van der Waals surface area contributed by atoms with E-state index in [0.29, 0.717) is 17.5 Å². The van der Waals surface area contributed by atoms with Crippen LogP contribution in [0.15, 0.2) is 36.9 Å². The molecule has 0 radical (unpaired) electrons. The number of nitrogens with one attached hydrogen (secondary N) is 1. The summed E-state index contributed by atoms with van der Waals surface area (Å²) in [5.74, 6) is 0. The van der Waals surface area contributed by atoms with Crippen molar-refractivity contribution in [3.63, 3.8) is 0 Å². The van der Waals surface area contributed by atoms with Crippen molar-refractivity contribution in [3.8, 4) is 0 Å². The Morgan fingerprint density at radius 3 is 2.89 bits per heavy atom. The van der Waals surface area contributed by atoms with Crippen molar-refractivity contribution in [2.24, 2.45) is 0 Å². The molecule has 1 aliphatic carbocycles. The van der Waals surface area contributed by atoms with Crippen LogP contribution in [-0.4, -0.2) is 6.04 Å². The van der Waals surface area contributed by atoms with E-state index in [9.17, 15) is 0 Å². The number of fused-ring (bicyclic) bond motifs is 1. The van der Waals surface area contributed by atoms with Crippen molar-refractivity contribution in [2.75, 3.05) is 0 Å². The molecule has 1 N–H and O–H groups in total. The Morgan fingerprint density at radius 2 is 2.17 bits per heavy atom. The highest BCUT2D eigenvalue weighted by Gasteiger charge is 2.32. The zero-order valence-electron chi connectivity index (χ0n) is 11.9. The topological polar surface area (TPSA) is 12.0 Å². The summed E-state index contributed by atoms with van der Waals surface area (Å²) < 4.78 is 0. The molecule has 0 heterocycles. The van der Waals surface area contributed by atoms with Crippen molar-refractivity contribution in [2.45, 2.75) is 57.5 Å². The van der Waals surface area contributed by atoms with Gasteiger partial charge in [0.1, 0.15) is 0 Å². The SMILES string of the molecule is C=CCC(C)NC1CCC(C)(C)c2ccccc21. The maximum atomic E-state index is 3.82. The Balaban J connectivity index is 2.23. The van der Waals surface area contributed by atoms with Crippen molar-refractivity contribution in [1.82, 2.24) is 5.32 Å². The molecule has 98 valence electrons. The Hall–Kier alpha value is -1.08. The van der Waals surface area contributed by atoms with Crippen molar-refractivity contribution < 1.29 is 0 Å². The van der Waals surface area contributed by atoms with Crippen molar-refractivity contribution in [3.05, 3.63) is 48.0 Å². The highest BCUT2D eigenvalue weighted by molar-refractivity contribution is 5.38.